The fraction of sp³-hybridized carbons (Fsp3) is 0.304. The molecule has 5 nitrogen and oxygen atoms in total. The van der Waals surface area contributed by atoms with Gasteiger partial charge >= 0.3 is 0 Å². The summed E-state index contributed by atoms with van der Waals surface area (Å²) in [5.74, 6) is -0.198. The summed E-state index contributed by atoms with van der Waals surface area (Å²) >= 11 is 0. The summed E-state index contributed by atoms with van der Waals surface area (Å²) in [6, 6.07) is 14.9. The van der Waals surface area contributed by atoms with Crippen molar-refractivity contribution in [3.63, 3.8) is 0 Å². The SMILES string of the molecule is Cc1cccc(-n2cc(CN3CCC(=O)NC[C@H]3C)c(-c3cccc(F)c3)n2)c1. The Bertz CT molecular complexity index is 1030. The second kappa shape index (κ2) is 8.17. The van der Waals surface area contributed by atoms with Crippen molar-refractivity contribution in [2.24, 2.45) is 0 Å². The van der Waals surface area contributed by atoms with Gasteiger partial charge in [0.25, 0.3) is 0 Å². The van der Waals surface area contributed by atoms with E-state index in [1.54, 1.807) is 6.07 Å². The third-order valence-corrected chi connectivity index (χ3v) is 5.37. The molecule has 0 saturated carbocycles. The van der Waals surface area contributed by atoms with Crippen LogP contribution in [0.15, 0.2) is 54.7 Å². The maximum absolute atomic E-state index is 13.9. The van der Waals surface area contributed by atoms with E-state index in [1.807, 2.05) is 42.1 Å². The third kappa shape index (κ3) is 4.38. The number of nitrogens with zero attached hydrogens (tertiary/aromatic N) is 3. The molecular weight excluding hydrogens is 367 g/mol. The summed E-state index contributed by atoms with van der Waals surface area (Å²) in [6.07, 6.45) is 2.49. The number of nitrogens with one attached hydrogen (secondary N) is 1. The van der Waals surface area contributed by atoms with Gasteiger partial charge in [0, 0.05) is 49.4 Å². The van der Waals surface area contributed by atoms with Crippen LogP contribution in [-0.4, -0.2) is 39.7 Å². The molecule has 150 valence electrons. The lowest BCUT2D eigenvalue weighted by Gasteiger charge is -2.26. The number of hydrogen-bond acceptors (Lipinski definition) is 3. The summed E-state index contributed by atoms with van der Waals surface area (Å²) < 4.78 is 15.7. The van der Waals surface area contributed by atoms with Crippen molar-refractivity contribution in [1.29, 1.82) is 0 Å². The average Bonchev–Trinajstić information content (AvgIpc) is 3.06. The summed E-state index contributed by atoms with van der Waals surface area (Å²) in [5, 5.41) is 7.75. The number of carbonyl (C=O) groups is 1. The van der Waals surface area contributed by atoms with Crippen molar-refractivity contribution in [1.82, 2.24) is 20.0 Å². The molecule has 0 bridgehead atoms. The van der Waals surface area contributed by atoms with Gasteiger partial charge in [-0.3, -0.25) is 9.69 Å². The molecule has 3 aromatic rings. The van der Waals surface area contributed by atoms with Gasteiger partial charge in [0.05, 0.1) is 11.4 Å². The molecule has 2 heterocycles. The Kier molecular flexibility index (Phi) is 5.45. The zero-order chi connectivity index (χ0) is 20.4. The van der Waals surface area contributed by atoms with Gasteiger partial charge in [-0.05, 0) is 43.7 Å². The molecular formula is C23H25FN4O. The highest BCUT2D eigenvalue weighted by Crippen LogP contribution is 2.26. The van der Waals surface area contributed by atoms with E-state index in [1.165, 1.54) is 12.1 Å². The average molecular weight is 392 g/mol. The van der Waals surface area contributed by atoms with Gasteiger partial charge in [0.2, 0.25) is 5.91 Å². The van der Waals surface area contributed by atoms with E-state index < -0.39 is 0 Å². The van der Waals surface area contributed by atoms with Gasteiger partial charge in [-0.25, -0.2) is 9.07 Å². The molecule has 0 spiro atoms. The van der Waals surface area contributed by atoms with E-state index in [-0.39, 0.29) is 17.8 Å². The van der Waals surface area contributed by atoms with E-state index in [2.05, 4.69) is 23.2 Å². The van der Waals surface area contributed by atoms with Crippen molar-refractivity contribution < 1.29 is 9.18 Å². The maximum Gasteiger partial charge on any atom is 0.221 e. The molecule has 4 rings (SSSR count). The van der Waals surface area contributed by atoms with Gasteiger partial charge in [0.15, 0.2) is 0 Å². The molecule has 1 N–H and O–H groups in total. The fourth-order valence-electron chi connectivity index (χ4n) is 3.71. The van der Waals surface area contributed by atoms with Gasteiger partial charge < -0.3 is 5.32 Å². The van der Waals surface area contributed by atoms with E-state index >= 15 is 0 Å². The Morgan fingerprint density at radius 1 is 1.21 bits per heavy atom. The highest BCUT2D eigenvalue weighted by atomic mass is 19.1. The predicted molar refractivity (Wildman–Crippen MR) is 111 cm³/mol. The van der Waals surface area contributed by atoms with Crippen LogP contribution < -0.4 is 5.32 Å². The molecule has 6 heteroatoms. The molecule has 1 fully saturated rings. The first-order chi connectivity index (χ1) is 14.0. The van der Waals surface area contributed by atoms with E-state index in [0.29, 0.717) is 26.1 Å². The van der Waals surface area contributed by atoms with Crippen molar-refractivity contribution >= 4 is 5.91 Å². The van der Waals surface area contributed by atoms with Crippen molar-refractivity contribution in [3.8, 4) is 16.9 Å². The Labute approximate surface area is 170 Å². The fourth-order valence-corrected chi connectivity index (χ4v) is 3.71. The molecule has 0 aliphatic carbocycles. The molecule has 1 aliphatic heterocycles. The van der Waals surface area contributed by atoms with Crippen LogP contribution in [0.25, 0.3) is 16.9 Å². The molecule has 1 amide bonds. The number of aryl methyl sites for hydroxylation is 1. The zero-order valence-corrected chi connectivity index (χ0v) is 16.7. The van der Waals surface area contributed by atoms with Crippen LogP contribution in [0.3, 0.4) is 0 Å². The Morgan fingerprint density at radius 3 is 2.83 bits per heavy atom. The number of halogens is 1. The second-order valence-corrected chi connectivity index (χ2v) is 7.67. The van der Waals surface area contributed by atoms with Gasteiger partial charge in [-0.1, -0.05) is 24.3 Å². The van der Waals surface area contributed by atoms with Crippen LogP contribution in [0.5, 0.6) is 0 Å². The third-order valence-electron chi connectivity index (χ3n) is 5.37. The number of benzene rings is 2. The number of aromatic nitrogens is 2. The Hall–Kier alpha value is -2.99. The van der Waals surface area contributed by atoms with Gasteiger partial charge in [-0.15, -0.1) is 0 Å². The van der Waals surface area contributed by atoms with E-state index in [4.69, 9.17) is 5.10 Å². The molecule has 1 atom stereocenters. The van der Waals surface area contributed by atoms with Gasteiger partial charge in [0.1, 0.15) is 5.82 Å². The van der Waals surface area contributed by atoms with Crippen LogP contribution in [0, 0.1) is 12.7 Å². The Morgan fingerprint density at radius 2 is 2.03 bits per heavy atom. The highest BCUT2D eigenvalue weighted by Gasteiger charge is 2.23. The largest absolute Gasteiger partial charge is 0.355 e. The molecule has 1 saturated heterocycles. The van der Waals surface area contributed by atoms with E-state index in [9.17, 15) is 9.18 Å². The second-order valence-electron chi connectivity index (χ2n) is 7.67. The quantitative estimate of drug-likeness (QED) is 0.737. The van der Waals surface area contributed by atoms with Crippen LogP contribution in [0.2, 0.25) is 0 Å². The first kappa shape index (κ1) is 19.3. The first-order valence-electron chi connectivity index (χ1n) is 9.92. The summed E-state index contributed by atoms with van der Waals surface area (Å²) in [7, 11) is 0. The minimum absolute atomic E-state index is 0.0835. The van der Waals surface area contributed by atoms with Crippen molar-refractivity contribution in [3.05, 3.63) is 71.7 Å². The van der Waals surface area contributed by atoms with Gasteiger partial charge in [-0.2, -0.15) is 5.10 Å². The van der Waals surface area contributed by atoms with Crippen molar-refractivity contribution in [2.45, 2.75) is 32.9 Å². The molecule has 1 aromatic heterocycles. The molecule has 1 aliphatic rings. The summed E-state index contributed by atoms with van der Waals surface area (Å²) in [5.41, 5.74) is 4.65. The van der Waals surface area contributed by atoms with Crippen molar-refractivity contribution in [2.75, 3.05) is 13.1 Å². The molecule has 0 radical (unpaired) electrons. The lowest BCUT2D eigenvalue weighted by molar-refractivity contribution is -0.120. The Balaban J connectivity index is 1.73. The number of amides is 1. The minimum atomic E-state index is -0.281. The maximum atomic E-state index is 13.9. The molecule has 2 aromatic carbocycles. The summed E-state index contributed by atoms with van der Waals surface area (Å²) in [6.45, 7) is 6.11. The lowest BCUT2D eigenvalue weighted by atomic mass is 10.1. The highest BCUT2D eigenvalue weighted by molar-refractivity contribution is 5.76. The van der Waals surface area contributed by atoms with E-state index in [0.717, 1.165) is 28.1 Å². The number of hydrogen-bond donors (Lipinski definition) is 1. The lowest BCUT2D eigenvalue weighted by Crippen LogP contribution is -2.37. The summed E-state index contributed by atoms with van der Waals surface area (Å²) in [4.78, 5) is 14.1. The molecule has 29 heavy (non-hydrogen) atoms. The smallest absolute Gasteiger partial charge is 0.221 e. The topological polar surface area (TPSA) is 50.2 Å². The number of rotatable bonds is 4. The first-order valence-corrected chi connectivity index (χ1v) is 9.92. The standard InChI is InChI=1S/C23H25FN4O/c1-16-5-3-8-21(11-16)28-15-19(14-27-10-9-22(29)25-13-17(27)2)23(26-28)18-6-4-7-20(24)12-18/h3-8,11-12,15,17H,9-10,13-14H2,1-2H3,(H,25,29)/t17-/m1/s1. The molecule has 0 unspecified atom stereocenters. The monoisotopic (exact) mass is 392 g/mol. The van der Waals surface area contributed by atoms with Crippen LogP contribution in [0.4, 0.5) is 4.39 Å². The van der Waals surface area contributed by atoms with Crippen LogP contribution in [-0.2, 0) is 11.3 Å². The van der Waals surface area contributed by atoms with Crippen LogP contribution in [0.1, 0.15) is 24.5 Å². The minimum Gasteiger partial charge on any atom is -0.355 e. The van der Waals surface area contributed by atoms with Crippen LogP contribution >= 0.6 is 0 Å². The number of carbonyl (C=O) groups excluding carboxylic acids is 1. The predicted octanol–water partition coefficient (Wildman–Crippen LogP) is 3.70. The zero-order valence-electron chi connectivity index (χ0n) is 16.7. The normalized spacial score (nSPS) is 17.8.